The first kappa shape index (κ1) is 24.9. The van der Waals surface area contributed by atoms with Crippen LogP contribution in [0.5, 0.6) is 0 Å². The van der Waals surface area contributed by atoms with Crippen LogP contribution in [0.4, 0.5) is 5.69 Å². The van der Waals surface area contributed by atoms with Crippen molar-refractivity contribution in [3.05, 3.63) is 29.8 Å². The predicted molar refractivity (Wildman–Crippen MR) is 134 cm³/mol. The molecule has 6 nitrogen and oxygen atoms in total. The van der Waals surface area contributed by atoms with E-state index in [1.54, 1.807) is 0 Å². The van der Waals surface area contributed by atoms with E-state index in [0.29, 0.717) is 0 Å². The number of nitrogens with zero attached hydrogens (tertiary/aromatic N) is 2. The Kier molecular flexibility index (Phi) is 10.4. The second kappa shape index (κ2) is 12.5. The van der Waals surface area contributed by atoms with E-state index in [9.17, 15) is 4.79 Å². The fourth-order valence-electron chi connectivity index (χ4n) is 4.52. The number of aliphatic imine (C=N–C) groups is 1. The Morgan fingerprint density at radius 3 is 2.70 bits per heavy atom. The summed E-state index contributed by atoms with van der Waals surface area (Å²) in [5, 5.41) is 6.80. The molecule has 168 valence electrons. The molecule has 0 aromatic heterocycles. The maximum absolute atomic E-state index is 12.8. The Bertz CT molecular complexity index is 704. The van der Waals surface area contributed by atoms with Crippen molar-refractivity contribution < 1.29 is 9.53 Å². The molecule has 1 fully saturated rings. The largest absolute Gasteiger partial charge is 0.382 e. The number of hydrogen-bond acceptors (Lipinski definition) is 3. The lowest BCUT2D eigenvalue weighted by Gasteiger charge is -2.30. The second-order valence-corrected chi connectivity index (χ2v) is 8.13. The number of carbonyl (C=O) groups excluding carboxylic acids is 1. The number of rotatable bonds is 9. The van der Waals surface area contributed by atoms with Gasteiger partial charge in [-0.05, 0) is 56.6 Å². The van der Waals surface area contributed by atoms with Crippen LogP contribution >= 0.6 is 24.0 Å². The molecule has 1 aromatic rings. The summed E-state index contributed by atoms with van der Waals surface area (Å²) in [6.45, 7) is 8.26. The second-order valence-electron chi connectivity index (χ2n) is 8.13. The Labute approximate surface area is 198 Å². The molecule has 0 atom stereocenters. The van der Waals surface area contributed by atoms with Crippen molar-refractivity contribution >= 4 is 41.5 Å². The SMILES string of the molecule is CCNC(=NCC(=O)N1CCc2ccccc21)NCC1(CCOCC)CCCC1.I. The molecule has 2 N–H and O–H groups in total. The molecule has 0 spiro atoms. The van der Waals surface area contributed by atoms with Crippen molar-refractivity contribution in [2.45, 2.75) is 52.4 Å². The van der Waals surface area contributed by atoms with E-state index >= 15 is 0 Å². The predicted octanol–water partition coefficient (Wildman–Crippen LogP) is 3.74. The molecule has 3 rings (SSSR count). The number of nitrogens with one attached hydrogen (secondary N) is 2. The summed E-state index contributed by atoms with van der Waals surface area (Å²) < 4.78 is 5.62. The summed E-state index contributed by atoms with van der Waals surface area (Å²) in [5.74, 6) is 0.787. The third kappa shape index (κ3) is 6.57. The molecule has 30 heavy (non-hydrogen) atoms. The standard InChI is InChI=1S/C23H36N4O2.HI/c1-3-24-22(26-18-23(12-7-8-13-23)14-16-29-4-2)25-17-21(28)27-15-11-19-9-5-6-10-20(19)27;/h5-6,9-10H,3-4,7-8,11-18H2,1-2H3,(H2,24,25,26);1H. The number of halogens is 1. The monoisotopic (exact) mass is 528 g/mol. The summed E-state index contributed by atoms with van der Waals surface area (Å²) in [6, 6.07) is 8.14. The van der Waals surface area contributed by atoms with Crippen molar-refractivity contribution in [2.24, 2.45) is 10.4 Å². The number of anilines is 1. The van der Waals surface area contributed by atoms with Crippen LogP contribution < -0.4 is 15.5 Å². The molecule has 2 aliphatic rings. The van der Waals surface area contributed by atoms with Gasteiger partial charge in [-0.25, -0.2) is 4.99 Å². The van der Waals surface area contributed by atoms with E-state index in [0.717, 1.165) is 57.3 Å². The first-order chi connectivity index (χ1) is 14.2. The minimum absolute atomic E-state index is 0. The van der Waals surface area contributed by atoms with Crippen LogP contribution in [0.15, 0.2) is 29.3 Å². The lowest BCUT2D eigenvalue weighted by Crippen LogP contribution is -2.44. The number of ether oxygens (including phenoxy) is 1. The smallest absolute Gasteiger partial charge is 0.248 e. The maximum atomic E-state index is 12.8. The topological polar surface area (TPSA) is 66.0 Å². The molecule has 0 saturated heterocycles. The summed E-state index contributed by atoms with van der Waals surface area (Å²) >= 11 is 0. The Morgan fingerprint density at radius 2 is 1.97 bits per heavy atom. The highest BCUT2D eigenvalue weighted by Gasteiger charge is 2.33. The van der Waals surface area contributed by atoms with Gasteiger partial charge in [-0.2, -0.15) is 0 Å². The van der Waals surface area contributed by atoms with E-state index in [2.05, 4.69) is 28.6 Å². The van der Waals surface area contributed by atoms with Crippen molar-refractivity contribution in [3.8, 4) is 0 Å². The Hall–Kier alpha value is -1.35. The van der Waals surface area contributed by atoms with Crippen molar-refractivity contribution in [2.75, 3.05) is 44.3 Å². The minimum Gasteiger partial charge on any atom is -0.382 e. The molecule has 1 saturated carbocycles. The molecule has 1 aliphatic heterocycles. The lowest BCUT2D eigenvalue weighted by atomic mass is 9.83. The summed E-state index contributed by atoms with van der Waals surface area (Å²) in [4.78, 5) is 19.2. The van der Waals surface area contributed by atoms with E-state index in [4.69, 9.17) is 4.74 Å². The highest BCUT2D eigenvalue weighted by atomic mass is 127. The number of amides is 1. The molecule has 7 heteroatoms. The van der Waals surface area contributed by atoms with Crippen molar-refractivity contribution in [1.82, 2.24) is 10.6 Å². The van der Waals surface area contributed by atoms with Crippen molar-refractivity contribution in [3.63, 3.8) is 0 Å². The fourth-order valence-corrected chi connectivity index (χ4v) is 4.52. The quantitative estimate of drug-likeness (QED) is 0.222. The van der Waals surface area contributed by atoms with Crippen LogP contribution in [0, 0.1) is 5.41 Å². The van der Waals surface area contributed by atoms with Crippen molar-refractivity contribution in [1.29, 1.82) is 0 Å². The van der Waals surface area contributed by atoms with E-state index in [-0.39, 0.29) is 41.8 Å². The molecule has 1 aliphatic carbocycles. The summed E-state index contributed by atoms with van der Waals surface area (Å²) in [5.41, 5.74) is 2.56. The van der Waals surface area contributed by atoms with Gasteiger partial charge in [0.15, 0.2) is 5.96 Å². The van der Waals surface area contributed by atoms with Crippen LogP contribution in [-0.2, 0) is 16.0 Å². The van der Waals surface area contributed by atoms with Gasteiger partial charge in [0.05, 0.1) is 0 Å². The molecule has 1 aromatic carbocycles. The third-order valence-electron chi connectivity index (χ3n) is 6.18. The molecular weight excluding hydrogens is 491 g/mol. The highest BCUT2D eigenvalue weighted by Crippen LogP contribution is 2.40. The fraction of sp³-hybridized carbons (Fsp3) is 0.652. The van der Waals surface area contributed by atoms with Crippen LogP contribution in [0.3, 0.4) is 0 Å². The highest BCUT2D eigenvalue weighted by molar-refractivity contribution is 14.0. The number of para-hydroxylation sites is 1. The molecule has 0 bridgehead atoms. The van der Waals surface area contributed by atoms with E-state index in [1.165, 1.54) is 31.2 Å². The van der Waals surface area contributed by atoms with E-state index < -0.39 is 0 Å². The minimum atomic E-state index is 0. The number of benzene rings is 1. The first-order valence-electron chi connectivity index (χ1n) is 11.2. The molecule has 0 radical (unpaired) electrons. The van der Waals surface area contributed by atoms with Gasteiger partial charge >= 0.3 is 0 Å². The number of hydrogen-bond donors (Lipinski definition) is 2. The van der Waals surface area contributed by atoms with Gasteiger partial charge in [-0.15, -0.1) is 24.0 Å². The van der Waals surface area contributed by atoms with Gasteiger partial charge in [-0.3, -0.25) is 4.79 Å². The summed E-state index contributed by atoms with van der Waals surface area (Å²) in [7, 11) is 0. The van der Waals surface area contributed by atoms with Crippen LogP contribution in [0.25, 0.3) is 0 Å². The zero-order valence-electron chi connectivity index (χ0n) is 18.4. The molecule has 0 unspecified atom stereocenters. The average Bonchev–Trinajstić information content (AvgIpc) is 3.38. The molecule has 1 amide bonds. The summed E-state index contributed by atoms with van der Waals surface area (Å²) in [6.07, 6.45) is 7.04. The maximum Gasteiger partial charge on any atom is 0.248 e. The average molecular weight is 528 g/mol. The zero-order chi connectivity index (χ0) is 20.5. The number of carbonyl (C=O) groups is 1. The Morgan fingerprint density at radius 1 is 1.20 bits per heavy atom. The zero-order valence-corrected chi connectivity index (χ0v) is 20.7. The van der Waals surface area contributed by atoms with Crippen LogP contribution in [-0.4, -0.2) is 51.3 Å². The van der Waals surface area contributed by atoms with Gasteiger partial charge in [0.1, 0.15) is 6.54 Å². The number of guanidine groups is 1. The third-order valence-corrected chi connectivity index (χ3v) is 6.18. The molecule has 1 heterocycles. The number of fused-ring (bicyclic) bond motifs is 1. The van der Waals surface area contributed by atoms with E-state index in [1.807, 2.05) is 30.0 Å². The van der Waals surface area contributed by atoms with Gasteiger partial charge in [0, 0.05) is 38.5 Å². The lowest BCUT2D eigenvalue weighted by molar-refractivity contribution is -0.117. The normalized spacial score (nSPS) is 17.4. The van der Waals surface area contributed by atoms with Gasteiger partial charge < -0.3 is 20.3 Å². The van der Waals surface area contributed by atoms with Gasteiger partial charge in [0.2, 0.25) is 5.91 Å². The van der Waals surface area contributed by atoms with Crippen LogP contribution in [0.2, 0.25) is 0 Å². The first-order valence-corrected chi connectivity index (χ1v) is 11.2. The Balaban J connectivity index is 0.00000320. The van der Waals surface area contributed by atoms with Gasteiger partial charge in [0.25, 0.3) is 0 Å². The van der Waals surface area contributed by atoms with Gasteiger partial charge in [-0.1, -0.05) is 31.0 Å². The molecular formula is C23H37IN4O2. The van der Waals surface area contributed by atoms with Crippen LogP contribution in [0.1, 0.15) is 51.5 Å².